The summed E-state index contributed by atoms with van der Waals surface area (Å²) in [5.74, 6) is 4.05. The van der Waals surface area contributed by atoms with Crippen LogP contribution in [-0.4, -0.2) is 23.6 Å². The molecule has 1 aliphatic carbocycles. The summed E-state index contributed by atoms with van der Waals surface area (Å²) in [5, 5.41) is 3.39. The highest BCUT2D eigenvalue weighted by molar-refractivity contribution is 5.38. The van der Waals surface area contributed by atoms with Gasteiger partial charge in [0.2, 0.25) is 5.88 Å². The van der Waals surface area contributed by atoms with E-state index >= 15 is 0 Å². The number of methoxy groups -OCH3 is 1. The summed E-state index contributed by atoms with van der Waals surface area (Å²) in [6.07, 6.45) is 6.79. The molecule has 1 aliphatic rings. The Morgan fingerprint density at radius 2 is 2.00 bits per heavy atom. The summed E-state index contributed by atoms with van der Waals surface area (Å²) in [7, 11) is 1.63. The fourth-order valence-electron chi connectivity index (χ4n) is 2.76. The van der Waals surface area contributed by atoms with Crippen LogP contribution in [0.15, 0.2) is 6.07 Å². The zero-order valence-corrected chi connectivity index (χ0v) is 12.3. The fourth-order valence-corrected chi connectivity index (χ4v) is 2.76. The summed E-state index contributed by atoms with van der Waals surface area (Å²) in [4.78, 5) is 8.56. The van der Waals surface area contributed by atoms with Crippen molar-refractivity contribution in [1.82, 2.24) is 9.97 Å². The second-order valence-electron chi connectivity index (χ2n) is 5.68. The van der Waals surface area contributed by atoms with Gasteiger partial charge >= 0.3 is 0 Å². The number of anilines is 1. The molecule has 1 heterocycles. The van der Waals surface area contributed by atoms with Gasteiger partial charge in [0, 0.05) is 12.6 Å². The minimum Gasteiger partial charge on any atom is -0.481 e. The number of aromatic nitrogens is 2. The van der Waals surface area contributed by atoms with Gasteiger partial charge in [-0.05, 0) is 25.2 Å². The third-order valence-corrected chi connectivity index (χ3v) is 4.02. The van der Waals surface area contributed by atoms with Crippen molar-refractivity contribution in [3.8, 4) is 5.88 Å². The summed E-state index contributed by atoms with van der Waals surface area (Å²) in [6.45, 7) is 5.24. The summed E-state index contributed by atoms with van der Waals surface area (Å²) >= 11 is 0. The van der Waals surface area contributed by atoms with Crippen molar-refractivity contribution in [3.63, 3.8) is 0 Å². The number of nitrogens with zero attached hydrogens (tertiary/aromatic N) is 2. The maximum atomic E-state index is 5.15. The van der Waals surface area contributed by atoms with Crippen molar-refractivity contribution in [1.29, 1.82) is 0 Å². The molecule has 2 rings (SSSR count). The van der Waals surface area contributed by atoms with Gasteiger partial charge in [0.1, 0.15) is 11.6 Å². The number of aryl methyl sites for hydroxylation is 1. The van der Waals surface area contributed by atoms with E-state index in [9.17, 15) is 0 Å². The molecule has 0 radical (unpaired) electrons. The first-order valence-corrected chi connectivity index (χ1v) is 7.31. The number of rotatable bonds is 5. The Bertz CT molecular complexity index is 400. The summed E-state index contributed by atoms with van der Waals surface area (Å²) < 4.78 is 5.15. The minimum absolute atomic E-state index is 0.626. The van der Waals surface area contributed by atoms with Gasteiger partial charge in [-0.3, -0.25) is 0 Å². The van der Waals surface area contributed by atoms with Crippen LogP contribution >= 0.6 is 0 Å². The minimum atomic E-state index is 0.626. The van der Waals surface area contributed by atoms with Crippen LogP contribution in [0.4, 0.5) is 5.82 Å². The Labute approximate surface area is 116 Å². The van der Waals surface area contributed by atoms with E-state index in [4.69, 9.17) is 4.74 Å². The van der Waals surface area contributed by atoms with E-state index < -0.39 is 0 Å². The van der Waals surface area contributed by atoms with E-state index in [0.717, 1.165) is 30.0 Å². The standard InChI is InChI=1S/C15H25N3O/c1-11-4-6-13(7-5-11)8-9-16-14-10-15(19-3)18-12(2)17-14/h10-11,13H,4-9H2,1-3H3,(H,16,17,18). The van der Waals surface area contributed by atoms with Crippen molar-refractivity contribution in [2.45, 2.75) is 46.0 Å². The number of hydrogen-bond acceptors (Lipinski definition) is 4. The molecule has 19 heavy (non-hydrogen) atoms. The third kappa shape index (κ3) is 4.37. The Balaban J connectivity index is 1.77. The van der Waals surface area contributed by atoms with Gasteiger partial charge in [-0.15, -0.1) is 0 Å². The molecule has 1 fully saturated rings. The molecule has 1 aromatic rings. The van der Waals surface area contributed by atoms with E-state index in [2.05, 4.69) is 22.2 Å². The molecule has 0 atom stereocenters. The average molecular weight is 263 g/mol. The van der Waals surface area contributed by atoms with Crippen LogP contribution in [0, 0.1) is 18.8 Å². The molecule has 106 valence electrons. The Kier molecular flexibility index (Phi) is 5.00. The topological polar surface area (TPSA) is 47.0 Å². The van der Waals surface area contributed by atoms with Crippen LogP contribution in [0.25, 0.3) is 0 Å². The molecule has 1 saturated carbocycles. The van der Waals surface area contributed by atoms with E-state index in [-0.39, 0.29) is 0 Å². The first-order valence-electron chi connectivity index (χ1n) is 7.31. The molecular weight excluding hydrogens is 238 g/mol. The predicted molar refractivity (Wildman–Crippen MR) is 77.5 cm³/mol. The van der Waals surface area contributed by atoms with Gasteiger partial charge in [0.25, 0.3) is 0 Å². The quantitative estimate of drug-likeness (QED) is 0.884. The molecule has 1 N–H and O–H groups in total. The van der Waals surface area contributed by atoms with Crippen molar-refractivity contribution >= 4 is 5.82 Å². The van der Waals surface area contributed by atoms with Gasteiger partial charge in [0.05, 0.1) is 7.11 Å². The number of nitrogens with one attached hydrogen (secondary N) is 1. The molecule has 4 heteroatoms. The molecule has 0 aromatic carbocycles. The zero-order valence-electron chi connectivity index (χ0n) is 12.3. The van der Waals surface area contributed by atoms with E-state index in [0.29, 0.717) is 5.88 Å². The number of hydrogen-bond donors (Lipinski definition) is 1. The summed E-state index contributed by atoms with van der Waals surface area (Å²) in [6, 6.07) is 1.86. The lowest BCUT2D eigenvalue weighted by molar-refractivity contribution is 0.282. The second-order valence-corrected chi connectivity index (χ2v) is 5.68. The van der Waals surface area contributed by atoms with E-state index in [1.54, 1.807) is 7.11 Å². The van der Waals surface area contributed by atoms with Crippen molar-refractivity contribution in [2.75, 3.05) is 19.0 Å². The predicted octanol–water partition coefficient (Wildman–Crippen LogP) is 3.42. The molecule has 4 nitrogen and oxygen atoms in total. The third-order valence-electron chi connectivity index (χ3n) is 4.02. The molecule has 0 bridgehead atoms. The zero-order chi connectivity index (χ0) is 13.7. The number of ether oxygens (including phenoxy) is 1. The fraction of sp³-hybridized carbons (Fsp3) is 0.733. The molecule has 0 unspecified atom stereocenters. The smallest absolute Gasteiger partial charge is 0.218 e. The Hall–Kier alpha value is -1.32. The molecule has 0 saturated heterocycles. The van der Waals surface area contributed by atoms with Gasteiger partial charge in [-0.2, -0.15) is 4.98 Å². The van der Waals surface area contributed by atoms with Gasteiger partial charge in [-0.25, -0.2) is 4.98 Å². The maximum absolute atomic E-state index is 5.15. The Morgan fingerprint density at radius 3 is 2.68 bits per heavy atom. The van der Waals surface area contributed by atoms with Crippen molar-refractivity contribution < 1.29 is 4.74 Å². The van der Waals surface area contributed by atoms with E-state index in [1.807, 2.05) is 13.0 Å². The average Bonchev–Trinajstić information content (AvgIpc) is 2.40. The highest BCUT2D eigenvalue weighted by atomic mass is 16.5. The van der Waals surface area contributed by atoms with Gasteiger partial charge < -0.3 is 10.1 Å². The highest BCUT2D eigenvalue weighted by Crippen LogP contribution is 2.30. The molecule has 0 amide bonds. The SMILES string of the molecule is COc1cc(NCCC2CCC(C)CC2)nc(C)n1. The normalized spacial score (nSPS) is 23.1. The van der Waals surface area contributed by atoms with Crippen LogP contribution in [0.1, 0.15) is 44.9 Å². The lowest BCUT2D eigenvalue weighted by Gasteiger charge is -2.26. The van der Waals surface area contributed by atoms with Crippen LogP contribution < -0.4 is 10.1 Å². The van der Waals surface area contributed by atoms with Crippen LogP contribution in [0.3, 0.4) is 0 Å². The van der Waals surface area contributed by atoms with E-state index in [1.165, 1.54) is 32.1 Å². The highest BCUT2D eigenvalue weighted by Gasteiger charge is 2.17. The van der Waals surface area contributed by atoms with Gasteiger partial charge in [0.15, 0.2) is 0 Å². The van der Waals surface area contributed by atoms with Crippen molar-refractivity contribution in [2.24, 2.45) is 11.8 Å². The Morgan fingerprint density at radius 1 is 1.26 bits per heavy atom. The lowest BCUT2D eigenvalue weighted by Crippen LogP contribution is -2.16. The van der Waals surface area contributed by atoms with Crippen LogP contribution in [0.2, 0.25) is 0 Å². The van der Waals surface area contributed by atoms with Crippen LogP contribution in [-0.2, 0) is 0 Å². The molecule has 0 aliphatic heterocycles. The second kappa shape index (κ2) is 6.73. The molecule has 0 spiro atoms. The molecular formula is C15H25N3O. The van der Waals surface area contributed by atoms with Gasteiger partial charge in [-0.1, -0.05) is 32.6 Å². The van der Waals surface area contributed by atoms with Crippen LogP contribution in [0.5, 0.6) is 5.88 Å². The lowest BCUT2D eigenvalue weighted by atomic mass is 9.81. The first kappa shape index (κ1) is 14.1. The van der Waals surface area contributed by atoms with Crippen molar-refractivity contribution in [3.05, 3.63) is 11.9 Å². The largest absolute Gasteiger partial charge is 0.481 e. The maximum Gasteiger partial charge on any atom is 0.218 e. The monoisotopic (exact) mass is 263 g/mol. The first-order chi connectivity index (χ1) is 9.17. The molecule has 1 aromatic heterocycles. The summed E-state index contributed by atoms with van der Waals surface area (Å²) in [5.41, 5.74) is 0.